The second-order valence-corrected chi connectivity index (χ2v) is 12.4. The maximum absolute atomic E-state index is 2.57. The molecule has 2 bridgehead atoms. The molecule has 9 aromatic carbocycles. The highest BCUT2D eigenvalue weighted by Gasteiger charge is 2.42. The van der Waals surface area contributed by atoms with Crippen molar-refractivity contribution in [2.45, 2.75) is 32.1 Å². The maximum Gasteiger partial charge on any atom is 0.0124 e. The molecule has 0 N–H and O–H groups in total. The van der Waals surface area contributed by atoms with Gasteiger partial charge in [-0.25, -0.2) is 0 Å². The van der Waals surface area contributed by atoms with Crippen LogP contribution in [0.15, 0.2) is 48.0 Å². The summed E-state index contributed by atoms with van der Waals surface area (Å²) in [6.45, 7) is 5.00. The third-order valence-electron chi connectivity index (χ3n) is 10.8. The second-order valence-electron chi connectivity index (χ2n) is 12.4. The molecular formula is C35H18. The number of benzene rings is 7. The first-order chi connectivity index (χ1) is 17.1. The van der Waals surface area contributed by atoms with Crippen LogP contribution >= 0.6 is 0 Å². The summed E-state index contributed by atoms with van der Waals surface area (Å²) in [6.07, 6.45) is 4.70. The molecule has 0 amide bonds. The molecule has 0 atom stereocenters. The van der Waals surface area contributed by atoms with E-state index in [0.29, 0.717) is 0 Å². The Morgan fingerprint density at radius 1 is 0.486 bits per heavy atom. The topological polar surface area (TPSA) is 0 Å². The van der Waals surface area contributed by atoms with Crippen molar-refractivity contribution in [1.29, 1.82) is 0 Å². The molecule has 0 aromatic heterocycles. The number of hydrogen-bond acceptors (Lipinski definition) is 0. The van der Waals surface area contributed by atoms with Crippen molar-refractivity contribution in [3.8, 4) is 0 Å². The lowest BCUT2D eigenvalue weighted by Gasteiger charge is -2.36. The van der Waals surface area contributed by atoms with Gasteiger partial charge in [0.1, 0.15) is 0 Å². The Hall–Kier alpha value is -3.90. The van der Waals surface area contributed by atoms with Gasteiger partial charge in [-0.05, 0) is 127 Å². The van der Waals surface area contributed by atoms with E-state index in [0.717, 1.165) is 12.8 Å². The van der Waals surface area contributed by atoms with Gasteiger partial charge in [0, 0.05) is 5.41 Å². The monoisotopic (exact) mass is 438 g/mol. The Balaban J connectivity index is 1.68. The van der Waals surface area contributed by atoms with Crippen LogP contribution in [0.3, 0.4) is 0 Å². The maximum atomic E-state index is 2.57. The molecule has 0 aliphatic heterocycles. The minimum atomic E-state index is 0.0374. The zero-order chi connectivity index (χ0) is 22.3. The molecule has 0 saturated heterocycles. The van der Waals surface area contributed by atoms with E-state index in [-0.39, 0.29) is 5.41 Å². The van der Waals surface area contributed by atoms with Crippen molar-refractivity contribution in [2.75, 3.05) is 0 Å². The molecule has 0 heterocycles. The van der Waals surface area contributed by atoms with Crippen molar-refractivity contribution in [3.05, 3.63) is 75.9 Å². The lowest BCUT2D eigenvalue weighted by Crippen LogP contribution is -2.26. The summed E-state index contributed by atoms with van der Waals surface area (Å²) in [5.74, 6) is 0. The summed E-state index contributed by atoms with van der Waals surface area (Å²) in [5.41, 5.74) is 9.29. The third kappa shape index (κ3) is 1.25. The van der Waals surface area contributed by atoms with Crippen LogP contribution in [-0.4, -0.2) is 0 Å². The Morgan fingerprint density at radius 3 is 1.69 bits per heavy atom. The molecule has 0 nitrogen and oxygen atoms in total. The van der Waals surface area contributed by atoms with E-state index in [1.54, 1.807) is 76.3 Å². The summed E-state index contributed by atoms with van der Waals surface area (Å²) in [7, 11) is 0. The van der Waals surface area contributed by atoms with E-state index in [1.165, 1.54) is 43.3 Å². The van der Waals surface area contributed by atoms with E-state index in [4.69, 9.17) is 0 Å². The van der Waals surface area contributed by atoms with Gasteiger partial charge in [0.25, 0.3) is 0 Å². The van der Waals surface area contributed by atoms with Gasteiger partial charge in [-0.3, -0.25) is 0 Å². The van der Waals surface area contributed by atoms with Crippen molar-refractivity contribution in [1.82, 2.24) is 0 Å². The van der Waals surface area contributed by atoms with Gasteiger partial charge in [-0.15, -0.1) is 0 Å². The normalized spacial score (nSPS) is 18.2. The largest absolute Gasteiger partial charge is 0.0551 e. The van der Waals surface area contributed by atoms with Crippen LogP contribution in [0.2, 0.25) is 0 Å². The van der Waals surface area contributed by atoms with Gasteiger partial charge in [0.05, 0.1) is 0 Å². The number of hydrogen-bond donors (Lipinski definition) is 0. The fourth-order valence-electron chi connectivity index (χ4n) is 9.58. The summed E-state index contributed by atoms with van der Waals surface area (Å²) >= 11 is 0. The Kier molecular flexibility index (Phi) is 1.90. The average Bonchev–Trinajstić information content (AvgIpc) is 3.48. The highest BCUT2D eigenvalue weighted by molar-refractivity contribution is 6.56. The van der Waals surface area contributed by atoms with Gasteiger partial charge in [0.2, 0.25) is 0 Å². The number of allylic oxidation sites excluding steroid dienone is 1. The zero-order valence-corrected chi connectivity index (χ0v) is 19.5. The molecule has 3 aliphatic carbocycles. The van der Waals surface area contributed by atoms with Crippen LogP contribution in [0.5, 0.6) is 0 Å². The smallest absolute Gasteiger partial charge is 0.0124 e. The average molecular weight is 439 g/mol. The first-order valence-electron chi connectivity index (χ1n) is 13.0. The van der Waals surface area contributed by atoms with Crippen LogP contribution in [-0.2, 0) is 18.3 Å². The Bertz CT molecular complexity index is 2530. The standard InChI is InChI=1S/C35H18/c1-35(2)20-11-16-6-5-14-8-18-10-17-7-13-3-4-15-9-19(12-20)27-30-22(15)21(13)28-25(17)26(18)29-23(14)24(16)33(34(27)35)32(29)31(28)30/h3-9,11H,10,12H2,1-2H3. The fraction of sp³-hybridized carbons (Fsp3) is 0.143. The van der Waals surface area contributed by atoms with E-state index in [2.05, 4.69) is 62.4 Å². The van der Waals surface area contributed by atoms with Crippen LogP contribution in [0, 0.1) is 0 Å². The van der Waals surface area contributed by atoms with E-state index < -0.39 is 0 Å². The van der Waals surface area contributed by atoms with Crippen LogP contribution < -0.4 is 0 Å². The molecule has 3 aliphatic rings. The first-order valence-corrected chi connectivity index (χ1v) is 13.0. The predicted octanol–water partition coefficient (Wildman–Crippen LogP) is 9.24. The summed E-state index contributed by atoms with van der Waals surface area (Å²) in [4.78, 5) is 0. The zero-order valence-electron chi connectivity index (χ0n) is 19.5. The molecule has 0 spiro atoms. The molecule has 0 heteroatoms. The minimum absolute atomic E-state index is 0.0374. The summed E-state index contributed by atoms with van der Waals surface area (Å²) in [6, 6.07) is 17.2. The molecule has 0 unspecified atom stereocenters. The molecule has 0 saturated carbocycles. The van der Waals surface area contributed by atoms with E-state index in [1.807, 2.05) is 0 Å². The summed E-state index contributed by atoms with van der Waals surface area (Å²) in [5, 5.41) is 24.7. The van der Waals surface area contributed by atoms with Crippen molar-refractivity contribution >= 4 is 92.3 Å². The molecular weight excluding hydrogens is 420 g/mol. The second kappa shape index (κ2) is 4.18. The van der Waals surface area contributed by atoms with E-state index >= 15 is 0 Å². The van der Waals surface area contributed by atoms with Crippen LogP contribution in [0.4, 0.5) is 0 Å². The van der Waals surface area contributed by atoms with Crippen LogP contribution in [0.1, 0.15) is 41.7 Å². The van der Waals surface area contributed by atoms with Gasteiger partial charge in [-0.1, -0.05) is 68.0 Å². The van der Waals surface area contributed by atoms with Gasteiger partial charge < -0.3 is 0 Å². The molecule has 12 rings (SSSR count). The molecule has 0 radical (unpaired) electrons. The number of fused-ring (bicyclic) bond motifs is 1. The lowest BCUT2D eigenvalue weighted by molar-refractivity contribution is 0.614. The molecule has 158 valence electrons. The molecule has 0 fully saturated rings. The van der Waals surface area contributed by atoms with Gasteiger partial charge in [-0.2, -0.15) is 0 Å². The Morgan fingerprint density at radius 2 is 1.00 bits per heavy atom. The molecule has 35 heavy (non-hydrogen) atoms. The third-order valence-corrected chi connectivity index (χ3v) is 10.8. The van der Waals surface area contributed by atoms with Gasteiger partial charge in [0.15, 0.2) is 0 Å². The highest BCUT2D eigenvalue weighted by atomic mass is 14.4. The van der Waals surface area contributed by atoms with Crippen molar-refractivity contribution < 1.29 is 0 Å². The van der Waals surface area contributed by atoms with Crippen molar-refractivity contribution in [2.24, 2.45) is 0 Å². The quantitative estimate of drug-likeness (QED) is 0.207. The minimum Gasteiger partial charge on any atom is -0.0551 e. The van der Waals surface area contributed by atoms with Gasteiger partial charge >= 0.3 is 0 Å². The summed E-state index contributed by atoms with van der Waals surface area (Å²) < 4.78 is 0. The fourth-order valence-corrected chi connectivity index (χ4v) is 9.58. The SMILES string of the molecule is CC1(C)C2=Cc3ccc4cc5c6c7c(cc8ccc9cc(c%10c1c1c3c4c6c1c1c%10c9c8c71)C2)C5. The van der Waals surface area contributed by atoms with Crippen molar-refractivity contribution in [3.63, 3.8) is 0 Å². The highest BCUT2D eigenvalue weighted by Crippen LogP contribution is 2.64. The predicted molar refractivity (Wildman–Crippen MR) is 150 cm³/mol. The van der Waals surface area contributed by atoms with E-state index in [9.17, 15) is 0 Å². The number of rotatable bonds is 0. The molecule has 9 aromatic rings. The lowest BCUT2D eigenvalue weighted by atomic mass is 9.67. The van der Waals surface area contributed by atoms with Crippen LogP contribution in [0.25, 0.3) is 92.3 Å². The first kappa shape index (κ1) is 15.9. The Labute approximate surface area is 200 Å².